The Morgan fingerprint density at radius 2 is 2.15 bits per heavy atom. The molecule has 1 aliphatic carbocycles. The van der Waals surface area contributed by atoms with E-state index in [0.717, 1.165) is 22.5 Å². The van der Waals surface area contributed by atoms with Crippen molar-refractivity contribution in [1.29, 1.82) is 0 Å². The van der Waals surface area contributed by atoms with E-state index in [0.29, 0.717) is 12.1 Å². The Kier molecular flexibility index (Phi) is 3.12. The van der Waals surface area contributed by atoms with Crippen LogP contribution in [0.2, 0.25) is 0 Å². The number of aromatic nitrogens is 5. The number of rotatable bonds is 3. The van der Waals surface area contributed by atoms with E-state index < -0.39 is 11.5 Å². The lowest BCUT2D eigenvalue weighted by atomic mass is 9.95. The Morgan fingerprint density at radius 3 is 2.89 bits per heavy atom. The van der Waals surface area contributed by atoms with Crippen molar-refractivity contribution in [2.75, 3.05) is 0 Å². The zero-order valence-corrected chi connectivity index (χ0v) is 14.4. The summed E-state index contributed by atoms with van der Waals surface area (Å²) in [5.74, 6) is -1.22. The van der Waals surface area contributed by atoms with Crippen LogP contribution in [0.15, 0.2) is 47.8 Å². The van der Waals surface area contributed by atoms with Gasteiger partial charge >= 0.3 is 5.97 Å². The largest absolute Gasteiger partial charge is 0.476 e. The number of carboxylic acid groups (broad SMARTS) is 1. The number of carboxylic acids is 1. The number of hydrogen-bond acceptors (Lipinski definition) is 4. The molecule has 1 atom stereocenters. The topological polar surface area (TPSA) is 105 Å². The van der Waals surface area contributed by atoms with Crippen LogP contribution in [0, 0.1) is 0 Å². The summed E-state index contributed by atoms with van der Waals surface area (Å²) in [5, 5.41) is 9.31. The predicted molar refractivity (Wildman–Crippen MR) is 97.0 cm³/mol. The summed E-state index contributed by atoms with van der Waals surface area (Å²) in [6, 6.07) is 7.89. The third-order valence-electron chi connectivity index (χ3n) is 5.15. The standard InChI is InChI=1S/C19H15N5O3/c1-23-9-20-7-10(23)6-13-11-4-2-3-5-12(11)15-16(13)24-8-14(19(26)27)21-17(24)18(25)22-15/h2-5,7-9,13H,6H2,1H3,(H,22,25)(H,26,27). The lowest BCUT2D eigenvalue weighted by molar-refractivity contribution is 0.0691. The van der Waals surface area contributed by atoms with Gasteiger partial charge in [0.15, 0.2) is 5.69 Å². The van der Waals surface area contributed by atoms with Gasteiger partial charge < -0.3 is 14.7 Å². The molecule has 0 saturated heterocycles. The Balaban J connectivity index is 1.81. The Hall–Kier alpha value is -3.68. The number of carbonyl (C=O) groups is 1. The van der Waals surface area contributed by atoms with Gasteiger partial charge in [0, 0.05) is 43.0 Å². The van der Waals surface area contributed by atoms with Crippen molar-refractivity contribution in [2.24, 2.45) is 7.05 Å². The second-order valence-corrected chi connectivity index (χ2v) is 6.68. The van der Waals surface area contributed by atoms with Gasteiger partial charge in [0.1, 0.15) is 0 Å². The molecule has 0 aliphatic heterocycles. The van der Waals surface area contributed by atoms with Crippen LogP contribution in [0.3, 0.4) is 0 Å². The molecular formula is C19H15N5O3. The molecule has 0 amide bonds. The van der Waals surface area contributed by atoms with E-state index in [1.807, 2.05) is 42.1 Å². The zero-order chi connectivity index (χ0) is 18.7. The van der Waals surface area contributed by atoms with E-state index in [1.54, 1.807) is 10.7 Å². The van der Waals surface area contributed by atoms with Gasteiger partial charge in [-0.25, -0.2) is 14.8 Å². The number of nitrogens with one attached hydrogen (secondary N) is 1. The van der Waals surface area contributed by atoms with Crippen molar-refractivity contribution in [2.45, 2.75) is 12.3 Å². The molecule has 4 aromatic rings. The molecule has 134 valence electrons. The fourth-order valence-electron chi connectivity index (χ4n) is 3.90. The third-order valence-corrected chi connectivity index (χ3v) is 5.15. The zero-order valence-electron chi connectivity index (χ0n) is 14.4. The molecule has 27 heavy (non-hydrogen) atoms. The Bertz CT molecular complexity index is 1280. The lowest BCUT2D eigenvalue weighted by Crippen LogP contribution is -2.16. The number of imidazole rings is 2. The summed E-state index contributed by atoms with van der Waals surface area (Å²) in [4.78, 5) is 35.0. The first-order valence-corrected chi connectivity index (χ1v) is 8.47. The number of aryl methyl sites for hydroxylation is 1. The minimum atomic E-state index is -1.16. The van der Waals surface area contributed by atoms with Crippen molar-refractivity contribution in [1.82, 2.24) is 23.9 Å². The van der Waals surface area contributed by atoms with Gasteiger partial charge in [0.2, 0.25) is 5.65 Å². The number of aromatic carboxylic acids is 1. The Morgan fingerprint density at radius 1 is 1.33 bits per heavy atom. The highest BCUT2D eigenvalue weighted by Gasteiger charge is 2.33. The van der Waals surface area contributed by atoms with Crippen molar-refractivity contribution in [3.8, 4) is 11.3 Å². The smallest absolute Gasteiger partial charge is 0.356 e. The normalized spacial score (nSPS) is 15.1. The SMILES string of the molecule is Cn1cncc1CC1c2ccccc2-c2[nH]c(=O)c3nc(C(=O)O)cn3c21. The van der Waals surface area contributed by atoms with Gasteiger partial charge in [0.25, 0.3) is 5.56 Å². The van der Waals surface area contributed by atoms with Crippen LogP contribution in [-0.4, -0.2) is 35.0 Å². The first-order valence-electron chi connectivity index (χ1n) is 8.47. The number of benzene rings is 1. The summed E-state index contributed by atoms with van der Waals surface area (Å²) in [6.45, 7) is 0. The predicted octanol–water partition coefficient (Wildman–Crippen LogP) is 1.81. The van der Waals surface area contributed by atoms with E-state index in [9.17, 15) is 14.7 Å². The maximum absolute atomic E-state index is 12.5. The molecule has 0 saturated carbocycles. The number of fused-ring (bicyclic) bond motifs is 5. The molecule has 5 rings (SSSR count). The molecule has 1 aliphatic rings. The molecule has 0 radical (unpaired) electrons. The van der Waals surface area contributed by atoms with Crippen LogP contribution in [0.25, 0.3) is 16.9 Å². The molecule has 0 bridgehead atoms. The fourth-order valence-corrected chi connectivity index (χ4v) is 3.90. The van der Waals surface area contributed by atoms with Gasteiger partial charge in [-0.1, -0.05) is 24.3 Å². The summed E-state index contributed by atoms with van der Waals surface area (Å²) in [7, 11) is 1.94. The van der Waals surface area contributed by atoms with Crippen LogP contribution in [0.1, 0.15) is 33.4 Å². The minimum Gasteiger partial charge on any atom is -0.476 e. The quantitative estimate of drug-likeness (QED) is 0.579. The highest BCUT2D eigenvalue weighted by atomic mass is 16.4. The molecular weight excluding hydrogens is 346 g/mol. The van der Waals surface area contributed by atoms with Crippen LogP contribution in [-0.2, 0) is 13.5 Å². The highest BCUT2D eigenvalue weighted by molar-refractivity contribution is 5.86. The summed E-state index contributed by atoms with van der Waals surface area (Å²) >= 11 is 0. The van der Waals surface area contributed by atoms with Crippen molar-refractivity contribution in [3.63, 3.8) is 0 Å². The molecule has 0 fully saturated rings. The molecule has 2 N–H and O–H groups in total. The summed E-state index contributed by atoms with van der Waals surface area (Å²) in [5.41, 5.74) is 4.17. The van der Waals surface area contributed by atoms with E-state index in [2.05, 4.69) is 15.0 Å². The first-order chi connectivity index (χ1) is 13.0. The number of aromatic amines is 1. The molecule has 1 unspecified atom stereocenters. The van der Waals surface area contributed by atoms with Crippen LogP contribution in [0.5, 0.6) is 0 Å². The molecule has 3 aromatic heterocycles. The summed E-state index contributed by atoms with van der Waals surface area (Å²) < 4.78 is 3.58. The molecule has 8 nitrogen and oxygen atoms in total. The third kappa shape index (κ3) is 2.16. The fraction of sp³-hybridized carbons (Fsp3) is 0.158. The van der Waals surface area contributed by atoms with Gasteiger partial charge in [-0.05, 0) is 5.56 Å². The van der Waals surface area contributed by atoms with E-state index in [1.165, 1.54) is 6.20 Å². The minimum absolute atomic E-state index is 0.0539. The Labute approximate surface area is 152 Å². The van der Waals surface area contributed by atoms with E-state index in [4.69, 9.17) is 0 Å². The molecule has 8 heteroatoms. The lowest BCUT2D eigenvalue weighted by Gasteiger charge is -2.15. The van der Waals surface area contributed by atoms with Crippen molar-refractivity contribution < 1.29 is 9.90 Å². The monoisotopic (exact) mass is 361 g/mol. The maximum Gasteiger partial charge on any atom is 0.356 e. The van der Waals surface area contributed by atoms with Crippen molar-refractivity contribution >= 4 is 11.6 Å². The second kappa shape index (κ2) is 5.41. The number of H-pyrrole nitrogens is 1. The van der Waals surface area contributed by atoms with Gasteiger partial charge in [-0.2, -0.15) is 0 Å². The molecule has 0 spiro atoms. The first kappa shape index (κ1) is 15.6. The number of nitrogens with zero attached hydrogens (tertiary/aromatic N) is 4. The van der Waals surface area contributed by atoms with Crippen LogP contribution in [0.4, 0.5) is 0 Å². The van der Waals surface area contributed by atoms with E-state index in [-0.39, 0.29) is 17.3 Å². The summed E-state index contributed by atoms with van der Waals surface area (Å²) in [6.07, 6.45) is 5.66. The number of hydrogen-bond donors (Lipinski definition) is 2. The molecule has 1 aromatic carbocycles. The van der Waals surface area contributed by atoms with Crippen LogP contribution < -0.4 is 5.56 Å². The van der Waals surface area contributed by atoms with Crippen LogP contribution >= 0.6 is 0 Å². The molecule has 3 heterocycles. The maximum atomic E-state index is 12.5. The van der Waals surface area contributed by atoms with Gasteiger partial charge in [0.05, 0.1) is 17.7 Å². The van der Waals surface area contributed by atoms with E-state index >= 15 is 0 Å². The average Bonchev–Trinajstić information content (AvgIpc) is 3.33. The highest BCUT2D eigenvalue weighted by Crippen LogP contribution is 2.44. The average molecular weight is 361 g/mol. The van der Waals surface area contributed by atoms with Gasteiger partial charge in [-0.3, -0.25) is 9.20 Å². The van der Waals surface area contributed by atoms with Crippen molar-refractivity contribution in [3.05, 3.63) is 76.0 Å². The second-order valence-electron chi connectivity index (χ2n) is 6.68. The van der Waals surface area contributed by atoms with Gasteiger partial charge in [-0.15, -0.1) is 0 Å².